The smallest absolute Gasteiger partial charge is 0.220 e. The number of aryl methyl sites for hydroxylation is 2. The molecule has 0 saturated heterocycles. The maximum Gasteiger partial charge on any atom is 0.220 e. The third kappa shape index (κ3) is 5.00. The number of aliphatic hydroxyl groups is 1. The van der Waals surface area contributed by atoms with Gasteiger partial charge < -0.3 is 10.4 Å². The van der Waals surface area contributed by atoms with E-state index in [0.29, 0.717) is 13.0 Å². The van der Waals surface area contributed by atoms with Gasteiger partial charge in [-0.1, -0.05) is 31.2 Å². The number of benzene rings is 1. The molecule has 94 valence electrons. The molecule has 0 aromatic heterocycles. The molecule has 0 aliphatic rings. The van der Waals surface area contributed by atoms with E-state index >= 15 is 0 Å². The number of carbonyl (C=O) groups excluding carboxylic acids is 1. The first kappa shape index (κ1) is 13.7. The van der Waals surface area contributed by atoms with E-state index in [1.165, 1.54) is 11.1 Å². The summed E-state index contributed by atoms with van der Waals surface area (Å²) in [4.78, 5) is 11.6. The highest BCUT2D eigenvalue weighted by atomic mass is 16.3. The van der Waals surface area contributed by atoms with Crippen LogP contribution in [0.15, 0.2) is 24.3 Å². The Hall–Kier alpha value is -1.35. The molecule has 2 N–H and O–H groups in total. The summed E-state index contributed by atoms with van der Waals surface area (Å²) in [5.41, 5.74) is 2.45. The van der Waals surface area contributed by atoms with Crippen LogP contribution in [0.2, 0.25) is 0 Å². The summed E-state index contributed by atoms with van der Waals surface area (Å²) in [5, 5.41) is 11.7. The maximum atomic E-state index is 11.6. The van der Waals surface area contributed by atoms with E-state index in [4.69, 9.17) is 5.11 Å². The first-order chi connectivity index (χ1) is 8.13. The molecule has 1 rings (SSSR count). The van der Waals surface area contributed by atoms with E-state index in [0.717, 1.165) is 6.42 Å². The van der Waals surface area contributed by atoms with Gasteiger partial charge in [0.1, 0.15) is 0 Å². The summed E-state index contributed by atoms with van der Waals surface area (Å²) in [6.07, 6.45) is 1.27. The number of hydrogen-bond donors (Lipinski definition) is 2. The summed E-state index contributed by atoms with van der Waals surface area (Å²) in [6.45, 7) is 4.61. The van der Waals surface area contributed by atoms with Gasteiger partial charge in [0, 0.05) is 19.6 Å². The maximum absolute atomic E-state index is 11.6. The Morgan fingerprint density at radius 2 is 2.12 bits per heavy atom. The molecule has 0 spiro atoms. The Balaban J connectivity index is 2.31. The molecule has 0 saturated carbocycles. The Morgan fingerprint density at radius 3 is 2.76 bits per heavy atom. The Labute approximate surface area is 103 Å². The molecule has 1 aromatic carbocycles. The summed E-state index contributed by atoms with van der Waals surface area (Å²) in [6, 6.07) is 8.11. The predicted molar refractivity (Wildman–Crippen MR) is 68.8 cm³/mol. The SMILES string of the molecule is Cc1ccccc1CCC(=O)NCC(C)CO. The zero-order chi connectivity index (χ0) is 12.7. The molecule has 1 aromatic rings. The van der Waals surface area contributed by atoms with E-state index < -0.39 is 0 Å². The van der Waals surface area contributed by atoms with Crippen molar-refractivity contribution >= 4 is 5.91 Å². The third-order valence-corrected chi connectivity index (χ3v) is 2.84. The van der Waals surface area contributed by atoms with Gasteiger partial charge in [-0.15, -0.1) is 0 Å². The van der Waals surface area contributed by atoms with Gasteiger partial charge >= 0.3 is 0 Å². The van der Waals surface area contributed by atoms with Gasteiger partial charge in [0.15, 0.2) is 0 Å². The lowest BCUT2D eigenvalue weighted by atomic mass is 10.0. The largest absolute Gasteiger partial charge is 0.396 e. The fraction of sp³-hybridized carbons (Fsp3) is 0.500. The van der Waals surface area contributed by atoms with Crippen LogP contribution < -0.4 is 5.32 Å². The van der Waals surface area contributed by atoms with Gasteiger partial charge in [-0.2, -0.15) is 0 Å². The average Bonchev–Trinajstić information content (AvgIpc) is 2.35. The third-order valence-electron chi connectivity index (χ3n) is 2.84. The van der Waals surface area contributed by atoms with Crippen molar-refractivity contribution in [3.8, 4) is 0 Å². The molecule has 1 amide bonds. The zero-order valence-electron chi connectivity index (χ0n) is 10.6. The minimum absolute atomic E-state index is 0.0496. The first-order valence-corrected chi connectivity index (χ1v) is 6.05. The first-order valence-electron chi connectivity index (χ1n) is 6.05. The van der Waals surface area contributed by atoms with Crippen LogP contribution in [0.4, 0.5) is 0 Å². The lowest BCUT2D eigenvalue weighted by Crippen LogP contribution is -2.29. The van der Waals surface area contributed by atoms with Crippen LogP contribution in [0.3, 0.4) is 0 Å². The van der Waals surface area contributed by atoms with Gasteiger partial charge in [-0.25, -0.2) is 0 Å². The molecule has 17 heavy (non-hydrogen) atoms. The molecular formula is C14H21NO2. The summed E-state index contributed by atoms with van der Waals surface area (Å²) in [5.74, 6) is 0.172. The van der Waals surface area contributed by atoms with Crippen molar-refractivity contribution < 1.29 is 9.90 Å². The fourth-order valence-electron chi connectivity index (χ4n) is 1.58. The molecule has 0 heterocycles. The molecule has 3 nitrogen and oxygen atoms in total. The average molecular weight is 235 g/mol. The number of amides is 1. The van der Waals surface area contributed by atoms with Crippen LogP contribution in [0.25, 0.3) is 0 Å². The van der Waals surface area contributed by atoms with Crippen molar-refractivity contribution in [3.63, 3.8) is 0 Å². The number of rotatable bonds is 6. The van der Waals surface area contributed by atoms with Crippen molar-refractivity contribution in [2.75, 3.05) is 13.2 Å². The monoisotopic (exact) mass is 235 g/mol. The van der Waals surface area contributed by atoms with Crippen molar-refractivity contribution in [2.45, 2.75) is 26.7 Å². The minimum atomic E-state index is 0.0496. The van der Waals surface area contributed by atoms with Gasteiger partial charge in [0.2, 0.25) is 5.91 Å². The van der Waals surface area contributed by atoms with E-state index in [1.807, 2.05) is 19.1 Å². The van der Waals surface area contributed by atoms with Crippen LogP contribution in [-0.2, 0) is 11.2 Å². The second kappa shape index (κ2) is 7.07. The molecule has 1 unspecified atom stereocenters. The Morgan fingerprint density at radius 1 is 1.41 bits per heavy atom. The van der Waals surface area contributed by atoms with E-state index in [9.17, 15) is 4.79 Å². The van der Waals surface area contributed by atoms with Gasteiger partial charge in [0.25, 0.3) is 0 Å². The summed E-state index contributed by atoms with van der Waals surface area (Å²) < 4.78 is 0. The molecule has 1 atom stereocenters. The van der Waals surface area contributed by atoms with Crippen molar-refractivity contribution in [3.05, 3.63) is 35.4 Å². The Kier molecular flexibility index (Phi) is 5.70. The molecule has 0 aliphatic heterocycles. The molecule has 3 heteroatoms. The van der Waals surface area contributed by atoms with Gasteiger partial charge in [-0.3, -0.25) is 4.79 Å². The molecule has 0 fully saturated rings. The Bertz CT molecular complexity index is 363. The fourth-order valence-corrected chi connectivity index (χ4v) is 1.58. The summed E-state index contributed by atoms with van der Waals surface area (Å²) >= 11 is 0. The van der Waals surface area contributed by atoms with E-state index in [1.54, 1.807) is 0 Å². The van der Waals surface area contributed by atoms with E-state index in [-0.39, 0.29) is 18.4 Å². The minimum Gasteiger partial charge on any atom is -0.396 e. The van der Waals surface area contributed by atoms with Gasteiger partial charge in [0.05, 0.1) is 0 Å². The van der Waals surface area contributed by atoms with Crippen molar-refractivity contribution in [2.24, 2.45) is 5.92 Å². The lowest BCUT2D eigenvalue weighted by Gasteiger charge is -2.10. The molecule has 0 bridgehead atoms. The van der Waals surface area contributed by atoms with Crippen LogP contribution in [0.1, 0.15) is 24.5 Å². The van der Waals surface area contributed by atoms with Crippen molar-refractivity contribution in [1.29, 1.82) is 0 Å². The second-order valence-electron chi connectivity index (χ2n) is 4.52. The normalized spacial score (nSPS) is 12.2. The second-order valence-corrected chi connectivity index (χ2v) is 4.52. The number of aliphatic hydroxyl groups excluding tert-OH is 1. The zero-order valence-corrected chi connectivity index (χ0v) is 10.6. The standard InChI is InChI=1S/C14H21NO2/c1-11(10-16)9-15-14(17)8-7-13-6-4-3-5-12(13)2/h3-6,11,16H,7-10H2,1-2H3,(H,15,17). The highest BCUT2D eigenvalue weighted by molar-refractivity contribution is 5.76. The van der Waals surface area contributed by atoms with Crippen LogP contribution in [0.5, 0.6) is 0 Å². The van der Waals surface area contributed by atoms with Crippen LogP contribution >= 0.6 is 0 Å². The number of carbonyl (C=O) groups is 1. The number of nitrogens with one attached hydrogen (secondary N) is 1. The quantitative estimate of drug-likeness (QED) is 0.788. The highest BCUT2D eigenvalue weighted by Crippen LogP contribution is 2.09. The van der Waals surface area contributed by atoms with Crippen LogP contribution in [0, 0.1) is 12.8 Å². The number of hydrogen-bond acceptors (Lipinski definition) is 2. The van der Waals surface area contributed by atoms with Crippen LogP contribution in [-0.4, -0.2) is 24.2 Å². The topological polar surface area (TPSA) is 49.3 Å². The predicted octanol–water partition coefficient (Wildman–Crippen LogP) is 1.67. The molecule has 0 aliphatic carbocycles. The van der Waals surface area contributed by atoms with Crippen molar-refractivity contribution in [1.82, 2.24) is 5.32 Å². The van der Waals surface area contributed by atoms with Gasteiger partial charge in [-0.05, 0) is 30.4 Å². The molecular weight excluding hydrogens is 214 g/mol. The summed E-state index contributed by atoms with van der Waals surface area (Å²) in [7, 11) is 0. The molecule has 0 radical (unpaired) electrons. The van der Waals surface area contributed by atoms with E-state index in [2.05, 4.69) is 24.4 Å². The lowest BCUT2D eigenvalue weighted by molar-refractivity contribution is -0.121. The highest BCUT2D eigenvalue weighted by Gasteiger charge is 2.05.